The van der Waals surface area contributed by atoms with Gasteiger partial charge in [-0.15, -0.1) is 0 Å². The fourth-order valence-corrected chi connectivity index (χ4v) is 3.80. The molecule has 120 valence electrons. The number of benzene rings is 1. The maximum atomic E-state index is 12.4. The summed E-state index contributed by atoms with van der Waals surface area (Å²) in [5.41, 5.74) is 0.681. The highest BCUT2D eigenvalue weighted by molar-refractivity contribution is 7.89. The maximum Gasteiger partial charge on any atom is 0.242 e. The topological polar surface area (TPSA) is 58.2 Å². The predicted molar refractivity (Wildman–Crippen MR) is 89.1 cm³/mol. The molecule has 0 saturated carbocycles. The first-order valence-electron chi connectivity index (χ1n) is 7.81. The summed E-state index contributed by atoms with van der Waals surface area (Å²) in [6.07, 6.45) is 2.93. The summed E-state index contributed by atoms with van der Waals surface area (Å²) in [4.78, 5) is 0.330. The average molecular weight is 312 g/mol. The van der Waals surface area contributed by atoms with Crippen molar-refractivity contribution in [2.45, 2.75) is 57.9 Å². The third-order valence-corrected chi connectivity index (χ3v) is 5.38. The van der Waals surface area contributed by atoms with Crippen LogP contribution in [0.15, 0.2) is 29.2 Å². The Hall–Kier alpha value is -1.07. The normalized spacial score (nSPS) is 13.4. The van der Waals surface area contributed by atoms with E-state index in [9.17, 15) is 8.42 Å². The third-order valence-electron chi connectivity index (χ3n) is 3.86. The monoisotopic (exact) mass is 312 g/mol. The van der Waals surface area contributed by atoms with Crippen LogP contribution in [0.5, 0.6) is 0 Å². The Balaban J connectivity index is 2.99. The Morgan fingerprint density at radius 2 is 1.71 bits per heavy atom. The first kappa shape index (κ1) is 18.0. The van der Waals surface area contributed by atoms with Crippen molar-refractivity contribution in [3.8, 4) is 0 Å². The molecule has 4 nitrogen and oxygen atoms in total. The van der Waals surface area contributed by atoms with E-state index >= 15 is 0 Å². The Bertz CT molecular complexity index is 525. The molecule has 1 rings (SSSR count). The van der Waals surface area contributed by atoms with Crippen LogP contribution in [0.3, 0.4) is 0 Å². The molecular formula is C16H28N2O2S. The van der Waals surface area contributed by atoms with Crippen LogP contribution in [0.1, 0.15) is 47.0 Å². The lowest BCUT2D eigenvalue weighted by atomic mass is 9.95. The lowest BCUT2D eigenvalue weighted by molar-refractivity contribution is 0.437. The fraction of sp³-hybridized carbons (Fsp3) is 0.625. The zero-order chi connectivity index (χ0) is 15.9. The van der Waals surface area contributed by atoms with Crippen molar-refractivity contribution in [3.63, 3.8) is 0 Å². The molecule has 0 aliphatic carbocycles. The minimum absolute atomic E-state index is 0.238. The van der Waals surface area contributed by atoms with Crippen molar-refractivity contribution in [1.29, 1.82) is 0 Å². The summed E-state index contributed by atoms with van der Waals surface area (Å²) in [6.45, 7) is 8.84. The molecule has 0 bridgehead atoms. The minimum Gasteiger partial charge on any atom is -0.381 e. The van der Waals surface area contributed by atoms with Gasteiger partial charge < -0.3 is 5.32 Å². The van der Waals surface area contributed by atoms with Crippen LogP contribution in [-0.4, -0.2) is 21.0 Å². The molecule has 0 aliphatic rings. The number of nitrogens with one attached hydrogen (secondary N) is 2. The van der Waals surface area contributed by atoms with Crippen LogP contribution in [0.25, 0.3) is 0 Å². The lowest BCUT2D eigenvalue weighted by Gasteiger charge is -2.24. The third kappa shape index (κ3) is 5.00. The Labute approximate surface area is 129 Å². The van der Waals surface area contributed by atoms with Gasteiger partial charge in [-0.1, -0.05) is 45.7 Å². The van der Waals surface area contributed by atoms with E-state index in [0.717, 1.165) is 19.3 Å². The van der Waals surface area contributed by atoms with Gasteiger partial charge in [-0.25, -0.2) is 13.1 Å². The van der Waals surface area contributed by atoms with Gasteiger partial charge in [-0.2, -0.15) is 0 Å². The van der Waals surface area contributed by atoms with Crippen LogP contribution < -0.4 is 10.0 Å². The van der Waals surface area contributed by atoms with Crippen molar-refractivity contribution in [3.05, 3.63) is 24.3 Å². The van der Waals surface area contributed by atoms with Gasteiger partial charge in [0.2, 0.25) is 10.0 Å². The molecule has 0 aliphatic heterocycles. The van der Waals surface area contributed by atoms with E-state index in [1.807, 2.05) is 19.1 Å². The molecule has 0 radical (unpaired) electrons. The van der Waals surface area contributed by atoms with E-state index in [1.54, 1.807) is 12.1 Å². The molecule has 1 unspecified atom stereocenters. The van der Waals surface area contributed by atoms with Crippen molar-refractivity contribution >= 4 is 15.7 Å². The molecule has 0 aromatic heterocycles. The first-order valence-corrected chi connectivity index (χ1v) is 9.29. The molecule has 1 aromatic rings. The Morgan fingerprint density at radius 1 is 1.10 bits per heavy atom. The number of hydrogen-bond acceptors (Lipinski definition) is 3. The highest BCUT2D eigenvalue weighted by atomic mass is 32.2. The Morgan fingerprint density at radius 3 is 2.29 bits per heavy atom. The van der Waals surface area contributed by atoms with Gasteiger partial charge in [0.25, 0.3) is 0 Å². The molecule has 0 fully saturated rings. The molecule has 2 N–H and O–H groups in total. The zero-order valence-electron chi connectivity index (χ0n) is 13.5. The van der Waals surface area contributed by atoms with Gasteiger partial charge in [0, 0.05) is 12.6 Å². The van der Waals surface area contributed by atoms with Crippen molar-refractivity contribution in [2.24, 2.45) is 5.92 Å². The molecule has 0 amide bonds. The number of hydrogen-bond donors (Lipinski definition) is 2. The van der Waals surface area contributed by atoms with Gasteiger partial charge in [0.05, 0.1) is 5.69 Å². The first-order chi connectivity index (χ1) is 9.96. The quantitative estimate of drug-likeness (QED) is 0.732. The minimum atomic E-state index is -3.45. The fourth-order valence-electron chi connectivity index (χ4n) is 2.49. The van der Waals surface area contributed by atoms with E-state index in [2.05, 4.69) is 30.8 Å². The second kappa shape index (κ2) is 8.39. The number of rotatable bonds is 9. The van der Waals surface area contributed by atoms with Crippen molar-refractivity contribution < 1.29 is 8.42 Å². The highest BCUT2D eigenvalue weighted by Gasteiger charge is 2.20. The molecule has 21 heavy (non-hydrogen) atoms. The summed E-state index contributed by atoms with van der Waals surface area (Å²) in [5, 5.41) is 3.38. The van der Waals surface area contributed by atoms with Gasteiger partial charge in [0.15, 0.2) is 0 Å². The summed E-state index contributed by atoms with van der Waals surface area (Å²) in [7, 11) is -3.45. The summed E-state index contributed by atoms with van der Waals surface area (Å²) < 4.78 is 27.3. The van der Waals surface area contributed by atoms with Gasteiger partial charge in [0.1, 0.15) is 4.90 Å². The second-order valence-corrected chi connectivity index (χ2v) is 7.14. The van der Waals surface area contributed by atoms with Crippen LogP contribution in [0, 0.1) is 5.92 Å². The summed E-state index contributed by atoms with van der Waals surface area (Å²) in [5.74, 6) is 0.532. The molecule has 5 heteroatoms. The van der Waals surface area contributed by atoms with Gasteiger partial charge >= 0.3 is 0 Å². The van der Waals surface area contributed by atoms with E-state index < -0.39 is 10.0 Å². The number of anilines is 1. The van der Waals surface area contributed by atoms with E-state index in [0.29, 0.717) is 23.0 Å². The average Bonchev–Trinajstić information content (AvgIpc) is 2.47. The van der Waals surface area contributed by atoms with E-state index in [4.69, 9.17) is 0 Å². The molecule has 1 aromatic carbocycles. The molecular weight excluding hydrogens is 284 g/mol. The van der Waals surface area contributed by atoms with Crippen molar-refractivity contribution in [2.75, 3.05) is 11.9 Å². The second-order valence-electron chi connectivity index (χ2n) is 5.40. The molecule has 0 saturated heterocycles. The summed E-state index contributed by atoms with van der Waals surface area (Å²) >= 11 is 0. The smallest absolute Gasteiger partial charge is 0.242 e. The number of sulfonamides is 1. The predicted octanol–water partition coefficient (Wildman–Crippen LogP) is 3.61. The largest absolute Gasteiger partial charge is 0.381 e. The number of para-hydroxylation sites is 1. The standard InChI is InChI=1S/C16H28N2O2S/c1-5-12-17-21(19,20)16-11-9-8-10-15(16)18-13(4)14(6-2)7-3/h8-11,13-14,17-18H,5-7,12H2,1-4H3. The molecule has 0 spiro atoms. The van der Waals surface area contributed by atoms with Gasteiger partial charge in [-0.3, -0.25) is 0 Å². The van der Waals surface area contributed by atoms with Crippen molar-refractivity contribution in [1.82, 2.24) is 4.72 Å². The Kier molecular flexibility index (Phi) is 7.18. The SMILES string of the molecule is CCCNS(=O)(=O)c1ccccc1NC(C)C(CC)CC. The highest BCUT2D eigenvalue weighted by Crippen LogP contribution is 2.24. The van der Waals surface area contributed by atoms with E-state index in [1.165, 1.54) is 0 Å². The lowest BCUT2D eigenvalue weighted by Crippen LogP contribution is -2.28. The van der Waals surface area contributed by atoms with E-state index in [-0.39, 0.29) is 6.04 Å². The molecule has 0 heterocycles. The zero-order valence-corrected chi connectivity index (χ0v) is 14.3. The van der Waals surface area contributed by atoms with Crippen LogP contribution >= 0.6 is 0 Å². The maximum absolute atomic E-state index is 12.4. The van der Waals surface area contributed by atoms with Crippen LogP contribution in [0.2, 0.25) is 0 Å². The van der Waals surface area contributed by atoms with Crippen LogP contribution in [0.4, 0.5) is 5.69 Å². The summed E-state index contributed by atoms with van der Waals surface area (Å²) in [6, 6.07) is 7.34. The molecule has 1 atom stereocenters. The van der Waals surface area contributed by atoms with Gasteiger partial charge in [-0.05, 0) is 31.4 Å². The van der Waals surface area contributed by atoms with Crippen LogP contribution in [-0.2, 0) is 10.0 Å².